The van der Waals surface area contributed by atoms with Gasteiger partial charge in [-0.25, -0.2) is 9.97 Å². The van der Waals surface area contributed by atoms with Crippen LogP contribution in [0.5, 0.6) is 0 Å². The molecule has 0 saturated carbocycles. The van der Waals surface area contributed by atoms with Gasteiger partial charge in [-0.1, -0.05) is 32.0 Å². The normalized spacial score (nSPS) is 12.1. The Hall–Kier alpha value is -1.42. The standard InChI is InChI=1S/C14H18N2OS/c1-10(2)14-15-12-8-6-5-7-11(12)13(16-14)9-18(3,4)17/h5-10H,1-4H3. The highest BCUT2D eigenvalue weighted by Gasteiger charge is 2.09. The van der Waals surface area contributed by atoms with Gasteiger partial charge < -0.3 is 0 Å². The zero-order chi connectivity index (χ0) is 13.3. The number of rotatable bonds is 2. The van der Waals surface area contributed by atoms with Crippen molar-refractivity contribution in [2.45, 2.75) is 19.8 Å². The van der Waals surface area contributed by atoms with E-state index in [1.54, 1.807) is 17.9 Å². The molecule has 1 heterocycles. The van der Waals surface area contributed by atoms with Gasteiger partial charge in [-0.15, -0.1) is 0 Å². The first-order chi connectivity index (χ1) is 8.37. The molecule has 4 heteroatoms. The van der Waals surface area contributed by atoms with Crippen LogP contribution in [0.1, 0.15) is 31.3 Å². The van der Waals surface area contributed by atoms with Crippen LogP contribution in [0.25, 0.3) is 10.9 Å². The van der Waals surface area contributed by atoms with E-state index in [0.717, 1.165) is 22.4 Å². The van der Waals surface area contributed by atoms with Crippen LogP contribution >= 0.6 is 0 Å². The summed E-state index contributed by atoms with van der Waals surface area (Å²) in [6.07, 6.45) is 3.44. The fraction of sp³-hybridized carbons (Fsp3) is 0.357. The summed E-state index contributed by atoms with van der Waals surface area (Å²) in [5.41, 5.74) is 1.69. The Morgan fingerprint density at radius 3 is 2.44 bits per heavy atom. The molecular weight excluding hydrogens is 244 g/mol. The highest BCUT2D eigenvalue weighted by molar-refractivity contribution is 8.00. The zero-order valence-corrected chi connectivity index (χ0v) is 12.0. The number of para-hydroxylation sites is 1. The molecule has 96 valence electrons. The first-order valence-electron chi connectivity index (χ1n) is 5.92. The minimum atomic E-state index is -1.98. The second-order valence-corrected chi connectivity index (χ2v) is 7.92. The lowest BCUT2D eigenvalue weighted by molar-refractivity contribution is 0.688. The Morgan fingerprint density at radius 1 is 1.17 bits per heavy atom. The first-order valence-corrected chi connectivity index (χ1v) is 8.36. The van der Waals surface area contributed by atoms with Gasteiger partial charge in [0.25, 0.3) is 0 Å². The van der Waals surface area contributed by atoms with Crippen molar-refractivity contribution in [3.63, 3.8) is 0 Å². The molecule has 0 aliphatic carbocycles. The van der Waals surface area contributed by atoms with Crippen LogP contribution in [0.15, 0.2) is 24.3 Å². The number of fused-ring (bicyclic) bond motifs is 1. The van der Waals surface area contributed by atoms with E-state index in [-0.39, 0.29) is 5.92 Å². The number of benzene rings is 1. The van der Waals surface area contributed by atoms with Crippen molar-refractivity contribution < 1.29 is 4.21 Å². The Labute approximate surface area is 108 Å². The molecule has 1 aromatic carbocycles. The Kier molecular flexibility index (Phi) is 3.39. The van der Waals surface area contributed by atoms with Gasteiger partial charge in [-0.3, -0.25) is 4.21 Å². The third-order valence-corrected chi connectivity index (χ3v) is 3.35. The van der Waals surface area contributed by atoms with Crippen LogP contribution in [0.2, 0.25) is 0 Å². The molecule has 3 nitrogen and oxygen atoms in total. The second kappa shape index (κ2) is 4.69. The first kappa shape index (κ1) is 13.0. The third-order valence-electron chi connectivity index (χ3n) is 2.56. The molecule has 2 aromatic rings. The molecule has 0 amide bonds. The average molecular weight is 262 g/mol. The van der Waals surface area contributed by atoms with Crippen molar-refractivity contribution in [2.75, 3.05) is 12.5 Å². The van der Waals surface area contributed by atoms with Crippen LogP contribution in [-0.2, 0) is 9.52 Å². The average Bonchev–Trinajstić information content (AvgIpc) is 2.26. The Morgan fingerprint density at radius 2 is 1.83 bits per heavy atom. The molecule has 0 fully saturated rings. The molecule has 1 aromatic heterocycles. The van der Waals surface area contributed by atoms with Gasteiger partial charge in [-0.2, -0.15) is 0 Å². The Balaban J connectivity index is 2.81. The van der Waals surface area contributed by atoms with Gasteiger partial charge in [0.15, 0.2) is 0 Å². The molecule has 2 rings (SSSR count). The van der Waals surface area contributed by atoms with E-state index in [1.807, 2.05) is 24.3 Å². The largest absolute Gasteiger partial charge is 0.268 e. The molecule has 0 spiro atoms. The number of aromatic nitrogens is 2. The van der Waals surface area contributed by atoms with E-state index < -0.39 is 9.52 Å². The molecule has 0 aliphatic heterocycles. The van der Waals surface area contributed by atoms with Crippen LogP contribution in [0.3, 0.4) is 0 Å². The van der Waals surface area contributed by atoms with Crippen molar-refractivity contribution in [1.29, 1.82) is 0 Å². The fourth-order valence-electron chi connectivity index (χ4n) is 1.74. The third kappa shape index (κ3) is 2.88. The summed E-state index contributed by atoms with van der Waals surface area (Å²) in [4.78, 5) is 9.08. The van der Waals surface area contributed by atoms with Crippen LogP contribution in [0, 0.1) is 0 Å². The predicted molar refractivity (Wildman–Crippen MR) is 78.8 cm³/mol. The summed E-state index contributed by atoms with van der Waals surface area (Å²) in [6, 6.07) is 7.84. The summed E-state index contributed by atoms with van der Waals surface area (Å²) in [5.74, 6) is 1.05. The van der Waals surface area contributed by atoms with E-state index in [1.165, 1.54) is 0 Å². The number of nitrogens with zero attached hydrogens (tertiary/aromatic N) is 2. The number of hydrogen-bond donors (Lipinski definition) is 0. The molecule has 0 bridgehead atoms. The Bertz CT molecular complexity index is 690. The molecule has 0 aliphatic rings. The van der Waals surface area contributed by atoms with Crippen LogP contribution in [0.4, 0.5) is 0 Å². The molecule has 0 N–H and O–H groups in total. The maximum Gasteiger partial charge on any atom is 0.132 e. The van der Waals surface area contributed by atoms with Gasteiger partial charge in [0.05, 0.1) is 11.2 Å². The van der Waals surface area contributed by atoms with E-state index in [4.69, 9.17) is 0 Å². The predicted octanol–water partition coefficient (Wildman–Crippen LogP) is 2.45. The molecule has 18 heavy (non-hydrogen) atoms. The molecule has 0 atom stereocenters. The van der Waals surface area contributed by atoms with Crippen molar-refractivity contribution in [1.82, 2.24) is 9.97 Å². The van der Waals surface area contributed by atoms with E-state index in [9.17, 15) is 4.21 Å². The van der Waals surface area contributed by atoms with Gasteiger partial charge in [0.1, 0.15) is 5.82 Å². The second-order valence-electron chi connectivity index (χ2n) is 5.07. The van der Waals surface area contributed by atoms with Crippen molar-refractivity contribution in [2.24, 2.45) is 0 Å². The van der Waals surface area contributed by atoms with Crippen molar-refractivity contribution >= 4 is 25.8 Å². The number of hydrogen-bond acceptors (Lipinski definition) is 3. The summed E-state index contributed by atoms with van der Waals surface area (Å²) >= 11 is 0. The van der Waals surface area contributed by atoms with Gasteiger partial charge in [0.2, 0.25) is 0 Å². The maximum absolute atomic E-state index is 12.0. The highest BCUT2D eigenvalue weighted by Crippen LogP contribution is 2.18. The topological polar surface area (TPSA) is 42.9 Å². The monoisotopic (exact) mass is 262 g/mol. The van der Waals surface area contributed by atoms with Crippen LogP contribution < -0.4 is 0 Å². The summed E-state index contributed by atoms with van der Waals surface area (Å²) in [7, 11) is -1.98. The summed E-state index contributed by atoms with van der Waals surface area (Å²) in [5, 5.41) is 2.71. The molecular formula is C14H18N2OS. The van der Waals surface area contributed by atoms with Gasteiger partial charge in [0, 0.05) is 29.2 Å². The van der Waals surface area contributed by atoms with Crippen LogP contribution in [-0.4, -0.2) is 32.1 Å². The maximum atomic E-state index is 12.0. The lowest BCUT2D eigenvalue weighted by Gasteiger charge is -2.08. The lowest BCUT2D eigenvalue weighted by Crippen LogP contribution is -2.06. The SMILES string of the molecule is CC(C)c1nc(C=S(C)(C)=O)c2ccccc2n1. The fourth-order valence-corrected chi connectivity index (χ4v) is 2.45. The van der Waals surface area contributed by atoms with E-state index in [0.29, 0.717) is 0 Å². The summed E-state index contributed by atoms with van der Waals surface area (Å²) in [6.45, 7) is 4.12. The molecule has 0 saturated heterocycles. The van der Waals surface area contributed by atoms with Crippen molar-refractivity contribution in [3.8, 4) is 0 Å². The summed E-state index contributed by atoms with van der Waals surface area (Å²) < 4.78 is 12.0. The van der Waals surface area contributed by atoms with Crippen molar-refractivity contribution in [3.05, 3.63) is 35.8 Å². The highest BCUT2D eigenvalue weighted by atomic mass is 32.2. The smallest absolute Gasteiger partial charge is 0.132 e. The molecule has 0 radical (unpaired) electrons. The van der Waals surface area contributed by atoms with Gasteiger partial charge in [-0.05, 0) is 15.6 Å². The minimum absolute atomic E-state index is 0.256. The molecule has 0 unspecified atom stereocenters. The van der Waals surface area contributed by atoms with E-state index >= 15 is 0 Å². The zero-order valence-electron chi connectivity index (χ0n) is 11.2. The lowest BCUT2D eigenvalue weighted by atomic mass is 10.1. The quantitative estimate of drug-likeness (QED) is 0.781. The van der Waals surface area contributed by atoms with E-state index in [2.05, 4.69) is 23.8 Å². The minimum Gasteiger partial charge on any atom is -0.268 e. The van der Waals surface area contributed by atoms with Gasteiger partial charge >= 0.3 is 0 Å².